The van der Waals surface area contributed by atoms with Crippen LogP contribution in [-0.4, -0.2) is 74.3 Å². The van der Waals surface area contributed by atoms with Crippen molar-refractivity contribution in [1.82, 2.24) is 20.5 Å². The number of nitrogens with zero attached hydrogens (tertiary/aromatic N) is 1. The van der Waals surface area contributed by atoms with Crippen LogP contribution < -0.4 is 16.2 Å². The van der Waals surface area contributed by atoms with Crippen molar-refractivity contribution in [3.63, 3.8) is 0 Å². The van der Waals surface area contributed by atoms with Crippen LogP contribution in [0.25, 0.3) is 16.5 Å². The van der Waals surface area contributed by atoms with E-state index in [4.69, 9.17) is 0 Å². The molecule has 12 nitrogen and oxygen atoms in total. The third-order valence-corrected chi connectivity index (χ3v) is 9.26. The number of carboxylic acids is 1. The van der Waals surface area contributed by atoms with Crippen molar-refractivity contribution in [2.75, 3.05) is 26.2 Å². The Morgan fingerprint density at radius 3 is 2.37 bits per heavy atom. The zero-order valence-corrected chi connectivity index (χ0v) is 28.1. The highest BCUT2D eigenvalue weighted by molar-refractivity contribution is 5.96. The minimum Gasteiger partial charge on any atom is -0.506 e. The molecule has 7 N–H and O–H groups in total. The molecule has 0 spiro atoms. The number of carbonyl (C=O) groups excluding carboxylic acids is 2. The molecule has 0 saturated carbocycles. The number of aliphatic hydroxyl groups is 2. The summed E-state index contributed by atoms with van der Waals surface area (Å²) in [4.78, 5) is 53.9. The van der Waals surface area contributed by atoms with Crippen LogP contribution in [0.15, 0.2) is 114 Å². The lowest BCUT2D eigenvalue weighted by Gasteiger charge is -2.28. The van der Waals surface area contributed by atoms with E-state index in [0.717, 1.165) is 16.7 Å². The van der Waals surface area contributed by atoms with Crippen LogP contribution in [-0.2, 0) is 21.7 Å². The molecule has 1 aliphatic rings. The lowest BCUT2D eigenvalue weighted by Crippen LogP contribution is -2.42. The van der Waals surface area contributed by atoms with E-state index >= 15 is 0 Å². The van der Waals surface area contributed by atoms with Gasteiger partial charge in [-0.25, -0.2) is 4.79 Å². The van der Waals surface area contributed by atoms with Gasteiger partial charge in [0.25, 0.3) is 5.91 Å². The Balaban J connectivity index is 0.986. The first kappa shape index (κ1) is 35.7. The fourth-order valence-corrected chi connectivity index (χ4v) is 6.35. The summed E-state index contributed by atoms with van der Waals surface area (Å²) < 4.78 is 0. The Labute approximate surface area is 298 Å². The van der Waals surface area contributed by atoms with Crippen molar-refractivity contribution in [2.45, 2.75) is 24.7 Å². The molecule has 6 rings (SSSR count). The fourth-order valence-electron chi connectivity index (χ4n) is 6.35. The molecule has 2 heterocycles. The number of hydrogen-bond donors (Lipinski definition) is 7. The molecular weight excluding hydrogens is 664 g/mol. The number of pyridine rings is 1. The molecule has 266 valence electrons. The van der Waals surface area contributed by atoms with E-state index in [1.165, 1.54) is 12.1 Å². The average molecular weight is 703 g/mol. The molecule has 4 aromatic carbocycles. The first-order valence-corrected chi connectivity index (χ1v) is 16.7. The maximum Gasteiger partial charge on any atom is 0.345 e. The van der Waals surface area contributed by atoms with Crippen molar-refractivity contribution in [3.8, 4) is 5.75 Å². The Morgan fingerprint density at radius 2 is 1.65 bits per heavy atom. The Bertz CT molecular complexity index is 2200. The van der Waals surface area contributed by atoms with Crippen molar-refractivity contribution < 1.29 is 34.8 Å². The first-order chi connectivity index (χ1) is 25.0. The van der Waals surface area contributed by atoms with E-state index < -0.39 is 23.6 Å². The van der Waals surface area contributed by atoms with Gasteiger partial charge in [-0.15, -0.1) is 0 Å². The van der Waals surface area contributed by atoms with Gasteiger partial charge in [0.2, 0.25) is 17.1 Å². The quantitative estimate of drug-likeness (QED) is 0.102. The van der Waals surface area contributed by atoms with Crippen LogP contribution in [0.3, 0.4) is 0 Å². The smallest absolute Gasteiger partial charge is 0.345 e. The number of amides is 2. The van der Waals surface area contributed by atoms with Gasteiger partial charge in [0, 0.05) is 48.8 Å². The molecule has 12 heteroatoms. The number of aromatic amines is 1. The molecule has 52 heavy (non-hydrogen) atoms. The van der Waals surface area contributed by atoms with Gasteiger partial charge >= 0.3 is 5.97 Å². The average Bonchev–Trinajstić information content (AvgIpc) is 3.17. The van der Waals surface area contributed by atoms with Crippen LogP contribution in [0.2, 0.25) is 0 Å². The second kappa shape index (κ2) is 15.4. The lowest BCUT2D eigenvalue weighted by atomic mass is 9.84. The highest BCUT2D eigenvalue weighted by Gasteiger charge is 2.40. The standard InChI is InChI=1S/C40H38N4O8/c45-33-15-13-31(32-14-16-35(47)43-37(32)33)34(46)23-41-22-25-9-11-27(12-10-25)38(49)42-24-36(48)44-19-17-26(18-20-44)28-5-4-8-30(21-28)40(52,39(50)51)29-6-2-1-3-7-29/h1-17,21,34,41,45-46,52H,18-20,22-24H2,(H,42,49)(H,43,47)(H,50,51). The number of fused-ring (bicyclic) bond motifs is 1. The summed E-state index contributed by atoms with van der Waals surface area (Å²) in [7, 11) is 0. The van der Waals surface area contributed by atoms with Gasteiger partial charge in [-0.3, -0.25) is 14.4 Å². The van der Waals surface area contributed by atoms with Crippen LogP contribution >= 0.6 is 0 Å². The van der Waals surface area contributed by atoms with Gasteiger partial charge in [0.1, 0.15) is 5.75 Å². The molecule has 0 saturated heterocycles. The molecular formula is C40H38N4O8. The van der Waals surface area contributed by atoms with Crippen molar-refractivity contribution in [2.24, 2.45) is 0 Å². The second-order valence-corrected chi connectivity index (χ2v) is 12.6. The Hall–Kier alpha value is -6.08. The molecule has 1 aliphatic heterocycles. The third-order valence-electron chi connectivity index (χ3n) is 9.26. The molecule has 0 radical (unpaired) electrons. The number of benzene rings is 4. The molecule has 0 bridgehead atoms. The number of aliphatic hydroxyl groups excluding tert-OH is 1. The summed E-state index contributed by atoms with van der Waals surface area (Å²) in [6.07, 6.45) is 1.50. The lowest BCUT2D eigenvalue weighted by molar-refractivity contribution is -0.155. The van der Waals surface area contributed by atoms with E-state index in [-0.39, 0.29) is 46.9 Å². The van der Waals surface area contributed by atoms with Crippen molar-refractivity contribution in [3.05, 3.63) is 153 Å². The van der Waals surface area contributed by atoms with Gasteiger partial charge in [-0.2, -0.15) is 0 Å². The SMILES string of the molecule is O=C(NCC(=O)N1CC=C(c2cccc(C(O)(C(=O)O)c3ccccc3)c2)CC1)c1ccc(CNCC(O)c2ccc(O)c3[nH]c(=O)ccc23)cc1. The van der Waals surface area contributed by atoms with Gasteiger partial charge in [-0.05, 0) is 64.6 Å². The van der Waals surface area contributed by atoms with Crippen LogP contribution in [0.5, 0.6) is 5.75 Å². The number of phenolic OH excluding ortho intramolecular Hbond substituents is 1. The summed E-state index contributed by atoms with van der Waals surface area (Å²) in [5, 5.41) is 48.5. The predicted octanol–water partition coefficient (Wildman–Crippen LogP) is 3.42. The van der Waals surface area contributed by atoms with E-state index in [9.17, 15) is 39.6 Å². The number of hydrogen-bond acceptors (Lipinski definition) is 8. The van der Waals surface area contributed by atoms with Gasteiger partial charge in [0.15, 0.2) is 0 Å². The zero-order chi connectivity index (χ0) is 36.8. The number of aromatic nitrogens is 1. The topological polar surface area (TPSA) is 192 Å². The molecule has 0 aliphatic carbocycles. The van der Waals surface area contributed by atoms with Gasteiger partial charge in [0.05, 0.1) is 18.2 Å². The number of aliphatic carboxylic acids is 1. The number of H-pyrrole nitrogens is 1. The summed E-state index contributed by atoms with van der Waals surface area (Å²) in [6.45, 7) is 1.15. The molecule has 2 atom stereocenters. The van der Waals surface area contributed by atoms with Crippen LogP contribution in [0, 0.1) is 0 Å². The maximum absolute atomic E-state index is 13.0. The minimum absolute atomic E-state index is 0.0813. The first-order valence-electron chi connectivity index (χ1n) is 16.7. The summed E-state index contributed by atoms with van der Waals surface area (Å²) in [6, 6.07) is 27.8. The summed E-state index contributed by atoms with van der Waals surface area (Å²) in [5.41, 5.74) is 1.66. The molecule has 2 unspecified atom stereocenters. The number of rotatable bonds is 12. The van der Waals surface area contributed by atoms with Crippen LogP contribution in [0.4, 0.5) is 0 Å². The number of carboxylic acid groups (broad SMARTS) is 1. The molecule has 2 amide bonds. The summed E-state index contributed by atoms with van der Waals surface area (Å²) in [5.74, 6) is -2.10. The largest absolute Gasteiger partial charge is 0.506 e. The Kier molecular flexibility index (Phi) is 10.6. The van der Waals surface area contributed by atoms with E-state index in [2.05, 4.69) is 15.6 Å². The number of aromatic hydroxyl groups is 1. The normalized spacial score (nSPS) is 14.7. The number of carbonyl (C=O) groups is 3. The van der Waals surface area contributed by atoms with E-state index in [1.807, 2.05) is 12.1 Å². The molecule has 1 aromatic heterocycles. The zero-order valence-electron chi connectivity index (χ0n) is 28.1. The van der Waals surface area contributed by atoms with Gasteiger partial charge in [-0.1, -0.05) is 72.8 Å². The minimum atomic E-state index is -2.22. The third kappa shape index (κ3) is 7.64. The van der Waals surface area contributed by atoms with Gasteiger partial charge < -0.3 is 40.9 Å². The number of phenols is 1. The highest BCUT2D eigenvalue weighted by Crippen LogP contribution is 2.33. The monoisotopic (exact) mass is 702 g/mol. The molecule has 5 aromatic rings. The van der Waals surface area contributed by atoms with Crippen LogP contribution in [0.1, 0.15) is 50.7 Å². The molecule has 0 fully saturated rings. The van der Waals surface area contributed by atoms with E-state index in [0.29, 0.717) is 42.6 Å². The summed E-state index contributed by atoms with van der Waals surface area (Å²) >= 11 is 0. The maximum atomic E-state index is 13.0. The van der Waals surface area contributed by atoms with E-state index in [1.54, 1.807) is 89.8 Å². The number of nitrogens with one attached hydrogen (secondary N) is 3. The van der Waals surface area contributed by atoms with Crippen molar-refractivity contribution >= 4 is 34.3 Å². The fraction of sp³-hybridized carbons (Fsp3) is 0.200. The second-order valence-electron chi connectivity index (χ2n) is 12.6. The predicted molar refractivity (Wildman–Crippen MR) is 194 cm³/mol. The van der Waals surface area contributed by atoms with Crippen molar-refractivity contribution in [1.29, 1.82) is 0 Å². The Morgan fingerprint density at radius 1 is 0.904 bits per heavy atom. The highest BCUT2D eigenvalue weighted by atomic mass is 16.4.